The van der Waals surface area contributed by atoms with Crippen LogP contribution in [-0.2, 0) is 4.89 Å². The van der Waals surface area contributed by atoms with E-state index < -0.39 is 0 Å². The molecule has 1 aliphatic carbocycles. The summed E-state index contributed by atoms with van der Waals surface area (Å²) in [5.41, 5.74) is 1.14. The Kier molecular flexibility index (Phi) is 2.93. The molecule has 2 atom stereocenters. The standard InChI is InChI=1S/C10H16O2/c1-7(2)9-5-4-8(3)10(6-9)12-11/h6,8-9,11H,1,4-5H2,2-3H3. The third kappa shape index (κ3) is 1.89. The van der Waals surface area contributed by atoms with Gasteiger partial charge in [0.15, 0.2) is 0 Å². The number of allylic oxidation sites excluding steroid dienone is 3. The third-order valence-corrected chi connectivity index (χ3v) is 2.50. The lowest BCUT2D eigenvalue weighted by Crippen LogP contribution is -2.13. The van der Waals surface area contributed by atoms with Crippen molar-refractivity contribution < 1.29 is 10.1 Å². The summed E-state index contributed by atoms with van der Waals surface area (Å²) in [5, 5.41) is 8.56. The Morgan fingerprint density at radius 3 is 2.83 bits per heavy atom. The van der Waals surface area contributed by atoms with E-state index in [2.05, 4.69) is 18.4 Å². The molecule has 1 aliphatic rings. The van der Waals surface area contributed by atoms with Gasteiger partial charge in [-0.2, -0.15) is 0 Å². The van der Waals surface area contributed by atoms with E-state index in [1.807, 2.05) is 13.0 Å². The van der Waals surface area contributed by atoms with Gasteiger partial charge in [0.1, 0.15) is 5.76 Å². The van der Waals surface area contributed by atoms with Crippen LogP contribution in [0.4, 0.5) is 0 Å². The fourth-order valence-electron chi connectivity index (χ4n) is 1.53. The van der Waals surface area contributed by atoms with Gasteiger partial charge in [-0.25, -0.2) is 5.26 Å². The van der Waals surface area contributed by atoms with Crippen LogP contribution in [0, 0.1) is 11.8 Å². The van der Waals surface area contributed by atoms with Crippen LogP contribution in [0.1, 0.15) is 26.7 Å². The molecule has 2 nitrogen and oxygen atoms in total. The molecule has 1 N–H and O–H groups in total. The van der Waals surface area contributed by atoms with Crippen LogP contribution in [0.5, 0.6) is 0 Å². The average molecular weight is 168 g/mol. The second kappa shape index (κ2) is 3.76. The van der Waals surface area contributed by atoms with Crippen molar-refractivity contribution in [2.24, 2.45) is 11.8 Å². The van der Waals surface area contributed by atoms with E-state index >= 15 is 0 Å². The Morgan fingerprint density at radius 1 is 1.67 bits per heavy atom. The Morgan fingerprint density at radius 2 is 2.33 bits per heavy atom. The number of hydrogen-bond donors (Lipinski definition) is 1. The fraction of sp³-hybridized carbons (Fsp3) is 0.600. The molecule has 2 heteroatoms. The molecule has 0 aromatic carbocycles. The summed E-state index contributed by atoms with van der Waals surface area (Å²) in [4.78, 5) is 4.30. The van der Waals surface area contributed by atoms with Crippen LogP contribution < -0.4 is 0 Å². The largest absolute Gasteiger partial charge is 0.345 e. The van der Waals surface area contributed by atoms with Gasteiger partial charge in [0.25, 0.3) is 0 Å². The van der Waals surface area contributed by atoms with Crippen LogP contribution in [-0.4, -0.2) is 5.26 Å². The molecule has 0 fully saturated rings. The van der Waals surface area contributed by atoms with Gasteiger partial charge >= 0.3 is 0 Å². The van der Waals surface area contributed by atoms with Gasteiger partial charge in [-0.15, -0.1) is 0 Å². The molecule has 0 saturated heterocycles. The van der Waals surface area contributed by atoms with E-state index in [0.717, 1.165) is 18.4 Å². The summed E-state index contributed by atoms with van der Waals surface area (Å²) in [6, 6.07) is 0. The molecule has 1 rings (SSSR count). The minimum atomic E-state index is 0.339. The molecule has 68 valence electrons. The highest BCUT2D eigenvalue weighted by Crippen LogP contribution is 2.31. The molecule has 0 heterocycles. The zero-order chi connectivity index (χ0) is 9.14. The van der Waals surface area contributed by atoms with Crippen molar-refractivity contribution in [1.82, 2.24) is 0 Å². The summed E-state index contributed by atoms with van der Waals surface area (Å²) in [5.74, 6) is 1.41. The van der Waals surface area contributed by atoms with Crippen molar-refractivity contribution in [3.8, 4) is 0 Å². The lowest BCUT2D eigenvalue weighted by molar-refractivity contribution is -0.212. The van der Waals surface area contributed by atoms with Gasteiger partial charge < -0.3 is 4.89 Å². The molecule has 0 spiro atoms. The van der Waals surface area contributed by atoms with Crippen LogP contribution >= 0.6 is 0 Å². The summed E-state index contributed by atoms with van der Waals surface area (Å²) >= 11 is 0. The second-order valence-corrected chi connectivity index (χ2v) is 3.59. The first-order valence-electron chi connectivity index (χ1n) is 4.33. The first-order valence-corrected chi connectivity index (χ1v) is 4.33. The minimum absolute atomic E-state index is 0.339. The summed E-state index contributed by atoms with van der Waals surface area (Å²) < 4.78 is 0. The minimum Gasteiger partial charge on any atom is -0.345 e. The SMILES string of the molecule is C=C(C)C1C=C(OO)C(C)CC1. The zero-order valence-corrected chi connectivity index (χ0v) is 7.71. The predicted octanol–water partition coefficient (Wildman–Crippen LogP) is 2.98. The molecule has 0 aromatic heterocycles. The fourth-order valence-corrected chi connectivity index (χ4v) is 1.53. The Balaban J connectivity index is 2.73. The summed E-state index contributed by atoms with van der Waals surface area (Å²) in [6.07, 6.45) is 4.14. The predicted molar refractivity (Wildman–Crippen MR) is 48.5 cm³/mol. The van der Waals surface area contributed by atoms with Crippen LogP contribution in [0.2, 0.25) is 0 Å². The Bertz CT molecular complexity index is 206. The molecule has 0 aromatic rings. The third-order valence-electron chi connectivity index (χ3n) is 2.50. The number of hydrogen-bond acceptors (Lipinski definition) is 2. The lowest BCUT2D eigenvalue weighted by Gasteiger charge is -2.23. The van der Waals surface area contributed by atoms with E-state index in [0.29, 0.717) is 17.6 Å². The maximum atomic E-state index is 8.56. The van der Waals surface area contributed by atoms with Gasteiger partial charge in [0.2, 0.25) is 0 Å². The van der Waals surface area contributed by atoms with Crippen LogP contribution in [0.3, 0.4) is 0 Å². The summed E-state index contributed by atoms with van der Waals surface area (Å²) in [6.45, 7) is 7.95. The van der Waals surface area contributed by atoms with Crippen LogP contribution in [0.15, 0.2) is 24.0 Å². The van der Waals surface area contributed by atoms with Crippen molar-refractivity contribution in [3.63, 3.8) is 0 Å². The van der Waals surface area contributed by atoms with Gasteiger partial charge in [0, 0.05) is 11.8 Å². The zero-order valence-electron chi connectivity index (χ0n) is 7.71. The molecule has 0 aliphatic heterocycles. The molecular formula is C10H16O2. The van der Waals surface area contributed by atoms with E-state index in [1.54, 1.807) is 0 Å². The van der Waals surface area contributed by atoms with Crippen molar-refractivity contribution in [2.75, 3.05) is 0 Å². The molecule has 12 heavy (non-hydrogen) atoms. The lowest BCUT2D eigenvalue weighted by atomic mass is 9.85. The van der Waals surface area contributed by atoms with E-state index in [4.69, 9.17) is 5.26 Å². The average Bonchev–Trinajstić information content (AvgIpc) is 2.05. The molecule has 0 amide bonds. The Hall–Kier alpha value is -0.760. The topological polar surface area (TPSA) is 29.5 Å². The van der Waals surface area contributed by atoms with Crippen molar-refractivity contribution in [2.45, 2.75) is 26.7 Å². The first-order chi connectivity index (χ1) is 5.65. The maximum Gasteiger partial charge on any atom is 0.141 e. The molecule has 0 saturated carbocycles. The molecular weight excluding hydrogens is 152 g/mol. The van der Waals surface area contributed by atoms with Crippen molar-refractivity contribution in [1.29, 1.82) is 0 Å². The monoisotopic (exact) mass is 168 g/mol. The maximum absolute atomic E-state index is 8.56. The highest BCUT2D eigenvalue weighted by atomic mass is 17.1. The second-order valence-electron chi connectivity index (χ2n) is 3.59. The first kappa shape index (κ1) is 9.33. The molecule has 0 radical (unpaired) electrons. The van der Waals surface area contributed by atoms with Gasteiger partial charge in [-0.1, -0.05) is 19.1 Å². The van der Waals surface area contributed by atoms with E-state index in [9.17, 15) is 0 Å². The van der Waals surface area contributed by atoms with Gasteiger partial charge in [-0.3, -0.25) is 0 Å². The normalized spacial score (nSPS) is 29.4. The van der Waals surface area contributed by atoms with E-state index in [1.165, 1.54) is 0 Å². The highest BCUT2D eigenvalue weighted by molar-refractivity contribution is 5.14. The van der Waals surface area contributed by atoms with Crippen molar-refractivity contribution in [3.05, 3.63) is 24.0 Å². The molecule has 2 unspecified atom stereocenters. The van der Waals surface area contributed by atoms with Gasteiger partial charge in [-0.05, 0) is 25.8 Å². The highest BCUT2D eigenvalue weighted by Gasteiger charge is 2.21. The van der Waals surface area contributed by atoms with Crippen LogP contribution in [0.25, 0.3) is 0 Å². The molecule has 0 bridgehead atoms. The smallest absolute Gasteiger partial charge is 0.141 e. The number of rotatable bonds is 2. The Labute approximate surface area is 73.5 Å². The van der Waals surface area contributed by atoms with E-state index in [-0.39, 0.29) is 0 Å². The quantitative estimate of drug-likeness (QED) is 0.390. The summed E-state index contributed by atoms with van der Waals surface area (Å²) in [7, 11) is 0. The van der Waals surface area contributed by atoms with Crippen molar-refractivity contribution >= 4 is 0 Å². The van der Waals surface area contributed by atoms with Gasteiger partial charge in [0.05, 0.1) is 0 Å².